The maximum atomic E-state index is 12.1. The van der Waals surface area contributed by atoms with Crippen molar-refractivity contribution in [1.82, 2.24) is 5.32 Å². The van der Waals surface area contributed by atoms with E-state index in [4.69, 9.17) is 4.74 Å². The van der Waals surface area contributed by atoms with E-state index in [0.717, 1.165) is 5.56 Å². The molecule has 0 aromatic heterocycles. The molecular weight excluding hydrogens is 262 g/mol. The molecule has 108 valence electrons. The van der Waals surface area contributed by atoms with Gasteiger partial charge < -0.3 is 4.74 Å². The topological polar surface area (TPSA) is 48.2 Å². The van der Waals surface area contributed by atoms with Crippen molar-refractivity contribution in [2.45, 2.75) is 18.5 Å². The minimum Gasteiger partial charge on any atom is -0.469 e. The highest BCUT2D eigenvalue weighted by Crippen LogP contribution is 2.54. The number of carbonyl (C=O) groups excluding carboxylic acids is 1. The first-order valence-corrected chi connectivity index (χ1v) is 7.16. The van der Waals surface area contributed by atoms with Crippen LogP contribution in [0.4, 0.5) is 0 Å². The molecule has 0 aliphatic carbocycles. The van der Waals surface area contributed by atoms with Gasteiger partial charge in [-0.15, -0.1) is 0 Å². The first-order chi connectivity index (χ1) is 10.2. The molecule has 21 heavy (non-hydrogen) atoms. The van der Waals surface area contributed by atoms with Gasteiger partial charge in [0.2, 0.25) is 0 Å². The molecule has 1 N–H and O–H groups in total. The smallest absolute Gasteiger partial charge is 0.310 e. The number of esters is 1. The van der Waals surface area contributed by atoms with E-state index in [2.05, 4.69) is 29.6 Å². The van der Waals surface area contributed by atoms with Gasteiger partial charge in [-0.3, -0.25) is 10.1 Å². The van der Waals surface area contributed by atoms with Crippen LogP contribution in [0.1, 0.15) is 24.1 Å². The van der Waals surface area contributed by atoms with Crippen molar-refractivity contribution < 1.29 is 9.53 Å². The number of ether oxygens (including phenoxy) is 1. The fourth-order valence-corrected chi connectivity index (χ4v) is 3.14. The number of carbonyl (C=O) groups is 1. The maximum absolute atomic E-state index is 12.1. The molecule has 0 spiro atoms. The van der Waals surface area contributed by atoms with E-state index < -0.39 is 0 Å². The van der Waals surface area contributed by atoms with E-state index in [-0.39, 0.29) is 23.5 Å². The minimum absolute atomic E-state index is 0.134. The lowest BCUT2D eigenvalue weighted by molar-refractivity contribution is -0.146. The van der Waals surface area contributed by atoms with Crippen LogP contribution in [0.2, 0.25) is 0 Å². The van der Waals surface area contributed by atoms with E-state index >= 15 is 0 Å². The van der Waals surface area contributed by atoms with Gasteiger partial charge in [-0.05, 0) is 18.1 Å². The molecule has 2 aromatic rings. The molecule has 2 aromatic carbocycles. The van der Waals surface area contributed by atoms with Gasteiger partial charge in [0.1, 0.15) is 0 Å². The van der Waals surface area contributed by atoms with E-state index in [1.54, 1.807) is 0 Å². The maximum Gasteiger partial charge on any atom is 0.310 e. The van der Waals surface area contributed by atoms with Crippen LogP contribution in [0.25, 0.3) is 0 Å². The highest BCUT2D eigenvalue weighted by Gasteiger charge is 2.61. The Hall–Kier alpha value is -2.13. The second-order valence-corrected chi connectivity index (χ2v) is 5.47. The number of nitrogens with one attached hydrogen (secondary N) is 1. The highest BCUT2D eigenvalue weighted by atomic mass is 16.5. The van der Waals surface area contributed by atoms with Crippen LogP contribution >= 0.6 is 0 Å². The summed E-state index contributed by atoms with van der Waals surface area (Å²) in [6, 6.07) is 20.5. The van der Waals surface area contributed by atoms with Crippen LogP contribution in [0.15, 0.2) is 60.7 Å². The summed E-state index contributed by atoms with van der Waals surface area (Å²) < 4.78 is 4.97. The summed E-state index contributed by atoms with van der Waals surface area (Å²) in [5, 5.41) is 3.53. The minimum atomic E-state index is -0.379. The predicted molar refractivity (Wildman–Crippen MR) is 81.6 cm³/mol. The Morgan fingerprint density at radius 2 is 1.67 bits per heavy atom. The van der Waals surface area contributed by atoms with Gasteiger partial charge in [0.15, 0.2) is 0 Å². The Kier molecular flexibility index (Phi) is 3.52. The third-order valence-electron chi connectivity index (χ3n) is 4.38. The Balaban J connectivity index is 2.01. The second-order valence-electron chi connectivity index (χ2n) is 5.47. The molecular formula is C18H19NO2. The molecule has 3 heteroatoms. The normalized spacial score (nSPS) is 25.1. The summed E-state index contributed by atoms with van der Waals surface area (Å²) in [7, 11) is 1.44. The largest absolute Gasteiger partial charge is 0.469 e. The molecule has 0 amide bonds. The summed E-state index contributed by atoms with van der Waals surface area (Å²) in [4.78, 5) is 12.1. The van der Waals surface area contributed by atoms with Gasteiger partial charge in [0.25, 0.3) is 0 Å². The van der Waals surface area contributed by atoms with E-state index in [1.807, 2.05) is 43.3 Å². The first-order valence-electron chi connectivity index (χ1n) is 7.16. The van der Waals surface area contributed by atoms with Crippen molar-refractivity contribution >= 4 is 5.97 Å². The zero-order chi connectivity index (χ0) is 14.9. The van der Waals surface area contributed by atoms with Crippen LogP contribution in [0.5, 0.6) is 0 Å². The van der Waals surface area contributed by atoms with Crippen molar-refractivity contribution in [2.24, 2.45) is 5.92 Å². The lowest BCUT2D eigenvalue weighted by atomic mass is 9.81. The van der Waals surface area contributed by atoms with Crippen molar-refractivity contribution in [3.05, 3.63) is 71.8 Å². The zero-order valence-corrected chi connectivity index (χ0v) is 12.2. The Morgan fingerprint density at radius 1 is 1.10 bits per heavy atom. The summed E-state index contributed by atoms with van der Waals surface area (Å²) in [5.74, 6) is -0.445. The third-order valence-corrected chi connectivity index (χ3v) is 4.38. The Bertz CT molecular complexity index is 626. The molecule has 1 fully saturated rings. The second kappa shape index (κ2) is 5.34. The lowest BCUT2D eigenvalue weighted by Gasteiger charge is -2.22. The molecule has 1 heterocycles. The SMILES string of the molecule is COC(=O)C(C)[C@]1(c2ccccc2)N[C@H]1c1ccccc1. The van der Waals surface area contributed by atoms with Crippen molar-refractivity contribution in [1.29, 1.82) is 0 Å². The fourth-order valence-electron chi connectivity index (χ4n) is 3.14. The molecule has 0 bridgehead atoms. The van der Waals surface area contributed by atoms with Crippen LogP contribution in [0, 0.1) is 5.92 Å². The molecule has 1 aliphatic heterocycles. The van der Waals surface area contributed by atoms with E-state index in [0.29, 0.717) is 0 Å². The molecule has 1 unspecified atom stereocenters. The summed E-state index contributed by atoms with van der Waals surface area (Å²) in [5.41, 5.74) is 1.93. The van der Waals surface area contributed by atoms with Gasteiger partial charge >= 0.3 is 5.97 Å². The Labute approximate surface area is 124 Å². The fraction of sp³-hybridized carbons (Fsp3) is 0.278. The molecule has 1 saturated heterocycles. The average Bonchev–Trinajstić information content (AvgIpc) is 3.32. The quantitative estimate of drug-likeness (QED) is 0.692. The van der Waals surface area contributed by atoms with Gasteiger partial charge in [-0.25, -0.2) is 0 Å². The lowest BCUT2D eigenvalue weighted by Crippen LogP contribution is -2.31. The molecule has 0 radical (unpaired) electrons. The molecule has 3 rings (SSSR count). The summed E-state index contributed by atoms with van der Waals surface area (Å²) in [6.45, 7) is 1.93. The van der Waals surface area contributed by atoms with Crippen LogP contribution in [-0.4, -0.2) is 13.1 Å². The summed E-state index contributed by atoms with van der Waals surface area (Å²) >= 11 is 0. The van der Waals surface area contributed by atoms with Gasteiger partial charge in [-0.2, -0.15) is 0 Å². The number of rotatable bonds is 4. The molecule has 1 aliphatic rings. The van der Waals surface area contributed by atoms with Crippen LogP contribution < -0.4 is 5.32 Å². The Morgan fingerprint density at radius 3 is 2.24 bits per heavy atom. The monoisotopic (exact) mass is 281 g/mol. The first kappa shape index (κ1) is 13.8. The predicted octanol–water partition coefficient (Wildman–Crippen LogP) is 3.04. The van der Waals surface area contributed by atoms with E-state index in [9.17, 15) is 4.79 Å². The number of hydrogen-bond acceptors (Lipinski definition) is 3. The molecule has 0 saturated carbocycles. The van der Waals surface area contributed by atoms with Crippen molar-refractivity contribution in [3.63, 3.8) is 0 Å². The van der Waals surface area contributed by atoms with Crippen LogP contribution in [0.3, 0.4) is 0 Å². The van der Waals surface area contributed by atoms with Gasteiger partial charge in [0, 0.05) is 0 Å². The third kappa shape index (κ3) is 2.24. The van der Waals surface area contributed by atoms with Gasteiger partial charge in [0.05, 0.1) is 24.6 Å². The molecule has 3 atom stereocenters. The van der Waals surface area contributed by atoms with Gasteiger partial charge in [-0.1, -0.05) is 60.7 Å². The van der Waals surface area contributed by atoms with Crippen molar-refractivity contribution in [3.8, 4) is 0 Å². The number of methoxy groups -OCH3 is 1. The standard InChI is InChI=1S/C18H19NO2/c1-13(17(20)21-2)18(15-11-7-4-8-12-15)16(19-18)14-9-5-3-6-10-14/h3-13,16,19H,1-2H3/t13?,16-,18+/m0/s1. The molecule has 3 nitrogen and oxygen atoms in total. The van der Waals surface area contributed by atoms with Crippen LogP contribution in [-0.2, 0) is 15.1 Å². The number of hydrogen-bond donors (Lipinski definition) is 1. The highest BCUT2D eigenvalue weighted by molar-refractivity contribution is 5.75. The average molecular weight is 281 g/mol. The van der Waals surface area contributed by atoms with E-state index in [1.165, 1.54) is 12.7 Å². The summed E-state index contributed by atoms with van der Waals surface area (Å²) in [6.07, 6.45) is 0. The zero-order valence-electron chi connectivity index (χ0n) is 12.2. The number of benzene rings is 2. The van der Waals surface area contributed by atoms with Crippen molar-refractivity contribution in [2.75, 3.05) is 7.11 Å².